The normalized spacial score (nSPS) is 15.1. The molecule has 2 N–H and O–H groups in total. The van der Waals surface area contributed by atoms with Crippen LogP contribution >= 0.6 is 12.2 Å². The second kappa shape index (κ2) is 8.66. The number of morpholine rings is 1. The first-order valence-corrected chi connectivity index (χ1v) is 10.2. The van der Waals surface area contributed by atoms with Gasteiger partial charge in [0, 0.05) is 30.5 Å². The highest BCUT2D eigenvalue weighted by molar-refractivity contribution is 7.89. The number of ether oxygens (including phenoxy) is 2. The molecule has 1 fully saturated rings. The molecule has 7 nitrogen and oxygen atoms in total. The Morgan fingerprint density at radius 2 is 1.70 bits per heavy atom. The van der Waals surface area contributed by atoms with E-state index in [1.165, 1.54) is 4.31 Å². The maximum absolute atomic E-state index is 12.8. The summed E-state index contributed by atoms with van der Waals surface area (Å²) in [6.07, 6.45) is 0. The topological polar surface area (TPSA) is 79.9 Å². The van der Waals surface area contributed by atoms with E-state index in [0.717, 1.165) is 5.69 Å². The van der Waals surface area contributed by atoms with Crippen LogP contribution in [0.5, 0.6) is 5.75 Å². The van der Waals surface area contributed by atoms with E-state index in [4.69, 9.17) is 21.7 Å². The van der Waals surface area contributed by atoms with Crippen molar-refractivity contribution < 1.29 is 17.9 Å². The predicted octanol–water partition coefficient (Wildman–Crippen LogP) is 2.53. The number of hydrogen-bond acceptors (Lipinski definition) is 5. The number of benzene rings is 2. The van der Waals surface area contributed by atoms with Gasteiger partial charge in [-0.05, 0) is 42.5 Å². The van der Waals surface area contributed by atoms with Crippen molar-refractivity contribution in [1.82, 2.24) is 4.31 Å². The number of nitrogens with zero attached hydrogens (tertiary/aromatic N) is 1. The zero-order chi connectivity index (χ0) is 19.3. The first kappa shape index (κ1) is 19.6. The summed E-state index contributed by atoms with van der Waals surface area (Å²) < 4.78 is 37.4. The summed E-state index contributed by atoms with van der Waals surface area (Å²) in [5, 5.41) is 6.42. The summed E-state index contributed by atoms with van der Waals surface area (Å²) in [4.78, 5) is 0.221. The summed E-state index contributed by atoms with van der Waals surface area (Å²) in [6, 6.07) is 13.9. The fourth-order valence-corrected chi connectivity index (χ4v) is 4.35. The molecule has 0 amide bonds. The molecule has 0 radical (unpaired) electrons. The third-order valence-electron chi connectivity index (χ3n) is 4.03. The molecular formula is C18H21N3O4S2. The van der Waals surface area contributed by atoms with E-state index < -0.39 is 10.0 Å². The molecule has 1 aliphatic rings. The lowest BCUT2D eigenvalue weighted by Gasteiger charge is -2.26. The van der Waals surface area contributed by atoms with Gasteiger partial charge >= 0.3 is 0 Å². The van der Waals surface area contributed by atoms with Crippen LogP contribution in [-0.2, 0) is 14.8 Å². The van der Waals surface area contributed by atoms with Crippen molar-refractivity contribution in [1.29, 1.82) is 0 Å². The molecule has 144 valence electrons. The first-order chi connectivity index (χ1) is 13.0. The Morgan fingerprint density at radius 3 is 2.37 bits per heavy atom. The fraction of sp³-hybridized carbons (Fsp3) is 0.278. The maximum atomic E-state index is 12.8. The quantitative estimate of drug-likeness (QED) is 0.737. The van der Waals surface area contributed by atoms with Gasteiger partial charge in [0.25, 0.3) is 0 Å². The SMILES string of the molecule is COc1cccc(NC(=S)Nc2cccc(S(=O)(=O)N3CCOCC3)c2)c1. The summed E-state index contributed by atoms with van der Waals surface area (Å²) in [6.45, 7) is 1.53. The van der Waals surface area contributed by atoms with Gasteiger partial charge in [-0.3, -0.25) is 0 Å². The van der Waals surface area contributed by atoms with E-state index in [1.807, 2.05) is 24.3 Å². The molecule has 1 saturated heterocycles. The second-order valence-electron chi connectivity index (χ2n) is 5.86. The number of thiocarbonyl (C=S) groups is 1. The molecule has 2 aromatic rings. The molecular weight excluding hydrogens is 386 g/mol. The molecule has 0 aliphatic carbocycles. The standard InChI is InChI=1S/C18H21N3O4S2/c1-24-16-6-2-4-14(12-16)19-18(26)20-15-5-3-7-17(13-15)27(22,23)21-8-10-25-11-9-21/h2-7,12-13H,8-11H2,1H3,(H2,19,20,26). The number of anilines is 2. The number of methoxy groups -OCH3 is 1. The molecule has 0 bridgehead atoms. The van der Waals surface area contributed by atoms with Crippen LogP contribution in [0, 0.1) is 0 Å². The van der Waals surface area contributed by atoms with Gasteiger partial charge in [-0.15, -0.1) is 0 Å². The van der Waals surface area contributed by atoms with Gasteiger partial charge in [0.15, 0.2) is 5.11 Å². The highest BCUT2D eigenvalue weighted by Crippen LogP contribution is 2.21. The minimum Gasteiger partial charge on any atom is -0.497 e. The van der Waals surface area contributed by atoms with Crippen LogP contribution < -0.4 is 15.4 Å². The van der Waals surface area contributed by atoms with Crippen molar-refractivity contribution in [2.75, 3.05) is 44.0 Å². The lowest BCUT2D eigenvalue weighted by Crippen LogP contribution is -2.40. The van der Waals surface area contributed by atoms with Crippen molar-refractivity contribution in [2.24, 2.45) is 0 Å². The highest BCUT2D eigenvalue weighted by atomic mass is 32.2. The third kappa shape index (κ3) is 4.95. The van der Waals surface area contributed by atoms with E-state index in [9.17, 15) is 8.42 Å². The second-order valence-corrected chi connectivity index (χ2v) is 8.20. The van der Waals surface area contributed by atoms with E-state index in [0.29, 0.717) is 42.9 Å². The molecule has 27 heavy (non-hydrogen) atoms. The van der Waals surface area contributed by atoms with Gasteiger partial charge in [-0.1, -0.05) is 12.1 Å². The Kier molecular flexibility index (Phi) is 6.27. The minimum atomic E-state index is -3.56. The Morgan fingerprint density at radius 1 is 1.07 bits per heavy atom. The summed E-state index contributed by atoms with van der Waals surface area (Å²) in [5.74, 6) is 0.710. The molecule has 0 unspecified atom stereocenters. The van der Waals surface area contributed by atoms with Crippen LogP contribution in [0.3, 0.4) is 0 Å². The molecule has 9 heteroatoms. The Hall–Kier alpha value is -2.20. The Labute approximate surface area is 164 Å². The van der Waals surface area contributed by atoms with Gasteiger partial charge in [-0.25, -0.2) is 8.42 Å². The molecule has 0 saturated carbocycles. The molecule has 3 rings (SSSR count). The Balaban J connectivity index is 1.70. The van der Waals surface area contributed by atoms with Crippen LogP contribution in [0.4, 0.5) is 11.4 Å². The lowest BCUT2D eigenvalue weighted by atomic mass is 10.3. The van der Waals surface area contributed by atoms with Crippen molar-refractivity contribution in [3.63, 3.8) is 0 Å². The van der Waals surface area contributed by atoms with Crippen molar-refractivity contribution in [3.05, 3.63) is 48.5 Å². The van der Waals surface area contributed by atoms with Crippen LogP contribution in [0.15, 0.2) is 53.4 Å². The van der Waals surface area contributed by atoms with E-state index in [2.05, 4.69) is 10.6 Å². The van der Waals surface area contributed by atoms with Gasteiger partial charge in [-0.2, -0.15) is 4.31 Å². The van der Waals surface area contributed by atoms with Crippen LogP contribution in [0.2, 0.25) is 0 Å². The van der Waals surface area contributed by atoms with Crippen LogP contribution in [0.1, 0.15) is 0 Å². The predicted molar refractivity (Wildman–Crippen MR) is 109 cm³/mol. The average molecular weight is 408 g/mol. The fourth-order valence-electron chi connectivity index (χ4n) is 2.66. The maximum Gasteiger partial charge on any atom is 0.243 e. The van der Waals surface area contributed by atoms with E-state index >= 15 is 0 Å². The summed E-state index contributed by atoms with van der Waals surface area (Å²) >= 11 is 5.32. The van der Waals surface area contributed by atoms with Crippen molar-refractivity contribution >= 4 is 38.7 Å². The average Bonchev–Trinajstić information content (AvgIpc) is 2.69. The Bertz CT molecular complexity index is 912. The lowest BCUT2D eigenvalue weighted by molar-refractivity contribution is 0.0730. The molecule has 1 heterocycles. The zero-order valence-corrected chi connectivity index (χ0v) is 16.5. The molecule has 0 aromatic heterocycles. The summed E-state index contributed by atoms with van der Waals surface area (Å²) in [5.41, 5.74) is 1.36. The largest absolute Gasteiger partial charge is 0.497 e. The minimum absolute atomic E-state index is 0.221. The molecule has 2 aromatic carbocycles. The molecule has 0 spiro atoms. The van der Waals surface area contributed by atoms with Crippen molar-refractivity contribution in [2.45, 2.75) is 4.90 Å². The summed E-state index contributed by atoms with van der Waals surface area (Å²) in [7, 11) is -1.96. The van der Waals surface area contributed by atoms with Crippen LogP contribution in [-0.4, -0.2) is 51.2 Å². The van der Waals surface area contributed by atoms with Gasteiger partial charge in [0.1, 0.15) is 5.75 Å². The molecule has 1 aliphatic heterocycles. The first-order valence-electron chi connectivity index (χ1n) is 8.39. The van der Waals surface area contributed by atoms with E-state index in [-0.39, 0.29) is 4.90 Å². The highest BCUT2D eigenvalue weighted by Gasteiger charge is 2.26. The monoisotopic (exact) mass is 407 g/mol. The number of sulfonamides is 1. The van der Waals surface area contributed by atoms with Crippen molar-refractivity contribution in [3.8, 4) is 5.75 Å². The zero-order valence-electron chi connectivity index (χ0n) is 14.8. The van der Waals surface area contributed by atoms with Gasteiger partial charge in [0.2, 0.25) is 10.0 Å². The number of nitrogens with one attached hydrogen (secondary N) is 2. The number of rotatable bonds is 5. The number of hydrogen-bond donors (Lipinski definition) is 2. The van der Waals surface area contributed by atoms with Gasteiger partial charge < -0.3 is 20.1 Å². The van der Waals surface area contributed by atoms with Gasteiger partial charge in [0.05, 0.1) is 25.2 Å². The third-order valence-corrected chi connectivity index (χ3v) is 6.13. The molecule has 0 atom stereocenters. The van der Waals surface area contributed by atoms with E-state index in [1.54, 1.807) is 31.4 Å². The van der Waals surface area contributed by atoms with Crippen LogP contribution in [0.25, 0.3) is 0 Å². The smallest absolute Gasteiger partial charge is 0.243 e.